The highest BCUT2D eigenvalue weighted by Gasteiger charge is 2.23. The summed E-state index contributed by atoms with van der Waals surface area (Å²) in [4.78, 5) is 25.4. The molecule has 0 aromatic heterocycles. The Morgan fingerprint density at radius 3 is 1.50 bits per heavy atom. The third kappa shape index (κ3) is 45.4. The van der Waals surface area contributed by atoms with Crippen molar-refractivity contribution in [2.24, 2.45) is 0 Å². The monoisotopic (exact) mass is 885 g/mol. The van der Waals surface area contributed by atoms with E-state index in [1.807, 2.05) is 27.2 Å². The van der Waals surface area contributed by atoms with Crippen molar-refractivity contribution in [3.8, 4) is 0 Å². The van der Waals surface area contributed by atoms with Gasteiger partial charge in [0.1, 0.15) is 13.2 Å². The van der Waals surface area contributed by atoms with E-state index in [1.54, 1.807) is 6.08 Å². The van der Waals surface area contributed by atoms with E-state index in [2.05, 4.69) is 104 Å². The van der Waals surface area contributed by atoms with Crippen molar-refractivity contribution in [2.75, 3.05) is 40.9 Å². The van der Waals surface area contributed by atoms with Crippen molar-refractivity contribution in [2.45, 2.75) is 193 Å². The van der Waals surface area contributed by atoms with Gasteiger partial charge in [0.15, 0.2) is 0 Å². The van der Waals surface area contributed by atoms with Crippen LogP contribution < -0.4 is 10.2 Å². The number of phosphoric ester groups is 1. The van der Waals surface area contributed by atoms with Crippen LogP contribution in [0.4, 0.5) is 0 Å². The lowest BCUT2D eigenvalue weighted by molar-refractivity contribution is -0.870. The summed E-state index contributed by atoms with van der Waals surface area (Å²) < 4.78 is 23.2. The summed E-state index contributed by atoms with van der Waals surface area (Å²) in [6.45, 7) is 4.45. The summed E-state index contributed by atoms with van der Waals surface area (Å²) >= 11 is 0. The zero-order valence-corrected chi connectivity index (χ0v) is 41.2. The number of carbonyl (C=O) groups excluding carboxylic acids is 1. The molecule has 1 amide bonds. The smallest absolute Gasteiger partial charge is 0.268 e. The lowest BCUT2D eigenvalue weighted by atomic mass is 10.0. The normalized spacial score (nSPS) is 15.0. The Labute approximate surface area is 381 Å². The van der Waals surface area contributed by atoms with Crippen molar-refractivity contribution in [3.05, 3.63) is 97.2 Å². The molecule has 62 heavy (non-hydrogen) atoms. The van der Waals surface area contributed by atoms with E-state index >= 15 is 0 Å². The fraction of sp³-hybridized carbons (Fsp3) is 0.679. The van der Waals surface area contributed by atoms with Crippen LogP contribution in [-0.4, -0.2) is 68.5 Å². The number of quaternary nitrogens is 1. The predicted octanol–water partition coefficient (Wildman–Crippen LogP) is 13.7. The molecule has 0 aliphatic heterocycles. The third-order valence-electron chi connectivity index (χ3n) is 10.3. The van der Waals surface area contributed by atoms with Gasteiger partial charge in [0.25, 0.3) is 7.82 Å². The van der Waals surface area contributed by atoms with E-state index in [1.165, 1.54) is 77.0 Å². The molecule has 0 aliphatic carbocycles. The Balaban J connectivity index is 4.29. The van der Waals surface area contributed by atoms with Crippen LogP contribution in [0.1, 0.15) is 181 Å². The largest absolute Gasteiger partial charge is 0.756 e. The number of aliphatic hydroxyl groups excluding tert-OH is 1. The number of hydrogen-bond acceptors (Lipinski definition) is 6. The molecule has 0 bridgehead atoms. The van der Waals surface area contributed by atoms with Gasteiger partial charge in [-0.25, -0.2) is 0 Å². The number of nitrogens with one attached hydrogen (secondary N) is 1. The highest BCUT2D eigenvalue weighted by molar-refractivity contribution is 7.45. The molecule has 356 valence electrons. The lowest BCUT2D eigenvalue weighted by Crippen LogP contribution is -2.45. The minimum Gasteiger partial charge on any atom is -0.756 e. The first-order valence-corrected chi connectivity index (χ1v) is 26.1. The highest BCUT2D eigenvalue weighted by Crippen LogP contribution is 2.38. The molecule has 0 spiro atoms. The number of carbonyl (C=O) groups is 1. The quantitative estimate of drug-likeness (QED) is 0.0273. The number of phosphoric acid groups is 1. The summed E-state index contributed by atoms with van der Waals surface area (Å²) in [5.74, 6) is -0.221. The van der Waals surface area contributed by atoms with Gasteiger partial charge in [-0.15, -0.1) is 0 Å². The Morgan fingerprint density at radius 1 is 0.581 bits per heavy atom. The molecule has 9 heteroatoms. The van der Waals surface area contributed by atoms with Crippen LogP contribution in [0, 0.1) is 0 Å². The maximum atomic E-state index is 12.9. The first kappa shape index (κ1) is 59.4. The van der Waals surface area contributed by atoms with Crippen LogP contribution in [0.2, 0.25) is 0 Å². The van der Waals surface area contributed by atoms with Gasteiger partial charge < -0.3 is 28.8 Å². The zero-order valence-electron chi connectivity index (χ0n) is 40.3. The fourth-order valence-corrected chi connectivity index (χ4v) is 7.11. The van der Waals surface area contributed by atoms with Crippen LogP contribution in [0.25, 0.3) is 0 Å². The first-order chi connectivity index (χ1) is 30.0. The number of unbranched alkanes of at least 4 members (excludes halogenated alkanes) is 16. The molecule has 0 rings (SSSR count). The van der Waals surface area contributed by atoms with Gasteiger partial charge in [-0.2, -0.15) is 0 Å². The zero-order chi connectivity index (χ0) is 45.7. The Bertz CT molecular complexity index is 1330. The molecule has 3 atom stereocenters. The Morgan fingerprint density at radius 2 is 1.00 bits per heavy atom. The van der Waals surface area contributed by atoms with E-state index in [4.69, 9.17) is 9.05 Å². The predicted molar refractivity (Wildman–Crippen MR) is 265 cm³/mol. The minimum atomic E-state index is -4.61. The highest BCUT2D eigenvalue weighted by atomic mass is 31.2. The second-order valence-electron chi connectivity index (χ2n) is 17.4. The second kappa shape index (κ2) is 43.7. The third-order valence-corrected chi connectivity index (χ3v) is 11.2. The SMILES string of the molecule is CC/C=C\C/C=C\C/C=C\C/C=C\C/C=C\CCCCCCCCCCCCCC(=O)NC(COP(=O)([O-])OCC[N+](C)(C)C)C(O)/C=C/CC/C=C/CC/C=C/CCCCC. The number of likely N-dealkylation sites (N-methyl/N-ethyl adjacent to an activating group) is 1. The van der Waals surface area contributed by atoms with Crippen molar-refractivity contribution in [1.29, 1.82) is 0 Å². The van der Waals surface area contributed by atoms with Gasteiger partial charge in [-0.3, -0.25) is 9.36 Å². The second-order valence-corrected chi connectivity index (χ2v) is 18.8. The molecule has 0 aromatic carbocycles. The molecule has 0 saturated carbocycles. The van der Waals surface area contributed by atoms with Crippen LogP contribution in [0.5, 0.6) is 0 Å². The lowest BCUT2D eigenvalue weighted by Gasteiger charge is -2.29. The summed E-state index contributed by atoms with van der Waals surface area (Å²) in [6, 6.07) is -0.916. The number of aliphatic hydroxyl groups is 1. The van der Waals surface area contributed by atoms with Crippen LogP contribution in [0.15, 0.2) is 97.2 Å². The van der Waals surface area contributed by atoms with Crippen molar-refractivity contribution >= 4 is 13.7 Å². The van der Waals surface area contributed by atoms with E-state index in [0.717, 1.165) is 83.5 Å². The number of hydrogen-bond donors (Lipinski definition) is 2. The minimum absolute atomic E-state index is 0.0144. The van der Waals surface area contributed by atoms with E-state index in [0.29, 0.717) is 17.4 Å². The van der Waals surface area contributed by atoms with Crippen LogP contribution in [-0.2, 0) is 18.4 Å². The molecular formula is C53H93N2O6P. The molecule has 0 radical (unpaired) electrons. The molecule has 3 unspecified atom stereocenters. The molecule has 2 N–H and O–H groups in total. The maximum Gasteiger partial charge on any atom is 0.268 e. The van der Waals surface area contributed by atoms with Gasteiger partial charge in [0, 0.05) is 6.42 Å². The average Bonchev–Trinajstić information content (AvgIpc) is 3.23. The van der Waals surface area contributed by atoms with Gasteiger partial charge in [0.2, 0.25) is 5.91 Å². The van der Waals surface area contributed by atoms with Crippen molar-refractivity contribution in [3.63, 3.8) is 0 Å². The van der Waals surface area contributed by atoms with Gasteiger partial charge in [-0.05, 0) is 89.9 Å². The molecule has 0 saturated heterocycles. The number of amides is 1. The fourth-order valence-electron chi connectivity index (χ4n) is 6.39. The Hall–Kier alpha value is -2.58. The first-order valence-electron chi connectivity index (χ1n) is 24.6. The number of nitrogens with zero attached hydrogens (tertiary/aromatic N) is 1. The van der Waals surface area contributed by atoms with E-state index < -0.39 is 26.6 Å². The summed E-state index contributed by atoms with van der Waals surface area (Å²) in [6.07, 6.45) is 61.8. The van der Waals surface area contributed by atoms with E-state index in [-0.39, 0.29) is 12.5 Å². The van der Waals surface area contributed by atoms with Gasteiger partial charge in [0.05, 0.1) is 39.9 Å². The molecular weight excluding hydrogens is 792 g/mol. The van der Waals surface area contributed by atoms with Crippen LogP contribution >= 0.6 is 7.82 Å². The molecule has 0 heterocycles. The van der Waals surface area contributed by atoms with E-state index in [9.17, 15) is 19.4 Å². The molecule has 0 aromatic rings. The average molecular weight is 885 g/mol. The van der Waals surface area contributed by atoms with Crippen LogP contribution in [0.3, 0.4) is 0 Å². The number of rotatable bonds is 43. The molecule has 0 fully saturated rings. The summed E-state index contributed by atoms with van der Waals surface area (Å²) in [5, 5.41) is 13.8. The Kier molecular flexibility index (Phi) is 41.8. The van der Waals surface area contributed by atoms with Gasteiger partial charge >= 0.3 is 0 Å². The summed E-state index contributed by atoms with van der Waals surface area (Å²) in [5.41, 5.74) is 0. The van der Waals surface area contributed by atoms with Crippen molar-refractivity contribution in [1.82, 2.24) is 5.32 Å². The van der Waals surface area contributed by atoms with Gasteiger partial charge in [-0.1, -0.05) is 182 Å². The topological polar surface area (TPSA) is 108 Å². The molecule has 8 nitrogen and oxygen atoms in total. The molecule has 0 aliphatic rings. The maximum absolute atomic E-state index is 12.9. The standard InChI is InChI=1S/C53H93N2O6P/c1-6-8-10-12-14-16-18-20-21-22-23-24-25-26-27-28-29-30-31-32-33-35-37-39-41-43-45-47-53(57)54-51(50-61-62(58,59)60-49-48-55(3,4)5)52(56)46-44-42-40-38-36-34-19-17-15-13-11-9-7-2/h8,10,14-17,20-21,23-24,26-27,36,38,44,46,51-52,56H,6-7,9,11-13,18-19,22,25,28-35,37,39-43,45,47-50H2,1-5H3,(H-,54,57,58,59)/b10-8-,16-14-,17-15+,21-20-,24-23-,27-26-,38-36+,46-44+. The summed E-state index contributed by atoms with van der Waals surface area (Å²) in [7, 11) is 1.22. The van der Waals surface area contributed by atoms with Crippen molar-refractivity contribution < 1.29 is 32.9 Å². The number of allylic oxidation sites excluding steroid dienone is 15.